The second-order valence-electron chi connectivity index (χ2n) is 6.43. The van der Waals surface area contributed by atoms with Crippen LogP contribution in [0.5, 0.6) is 11.5 Å². The molecular formula is C23H22N2O5S. The third-order valence-corrected chi connectivity index (χ3v) is 5.69. The summed E-state index contributed by atoms with van der Waals surface area (Å²) in [6, 6.07) is 20.2. The maximum atomic E-state index is 12.9. The van der Waals surface area contributed by atoms with E-state index in [1.165, 1.54) is 32.4 Å². The molecule has 3 rings (SSSR count). The van der Waals surface area contributed by atoms with Gasteiger partial charge in [0.2, 0.25) is 5.91 Å². The molecule has 0 aliphatic carbocycles. The Kier molecular flexibility index (Phi) is 6.94. The molecule has 2 N–H and O–H groups in total. The number of hydrogen-bond acceptors (Lipinski definition) is 5. The molecule has 1 amide bonds. The maximum absolute atomic E-state index is 12.9. The van der Waals surface area contributed by atoms with Crippen LogP contribution in [0, 0.1) is 0 Å². The molecule has 0 aliphatic rings. The normalized spacial score (nSPS) is 11.2. The SMILES string of the molecule is COc1ccc(NS(=O)(=O)c2cc(NC(=O)C=Cc3ccccc3)ccc2OC)cc1. The molecule has 0 spiro atoms. The number of carbonyl (C=O) groups is 1. The number of nitrogens with one attached hydrogen (secondary N) is 2. The fourth-order valence-electron chi connectivity index (χ4n) is 2.75. The molecule has 0 unspecified atom stereocenters. The highest BCUT2D eigenvalue weighted by molar-refractivity contribution is 7.92. The Morgan fingerprint density at radius 3 is 2.19 bits per heavy atom. The van der Waals surface area contributed by atoms with E-state index in [-0.39, 0.29) is 16.6 Å². The average molecular weight is 439 g/mol. The average Bonchev–Trinajstić information content (AvgIpc) is 2.78. The van der Waals surface area contributed by atoms with Gasteiger partial charge in [0.15, 0.2) is 0 Å². The van der Waals surface area contributed by atoms with E-state index in [9.17, 15) is 13.2 Å². The number of amides is 1. The largest absolute Gasteiger partial charge is 0.497 e. The van der Waals surface area contributed by atoms with Gasteiger partial charge in [-0.2, -0.15) is 0 Å². The van der Waals surface area contributed by atoms with Gasteiger partial charge in [0.25, 0.3) is 10.0 Å². The van der Waals surface area contributed by atoms with Crippen molar-refractivity contribution < 1.29 is 22.7 Å². The first kappa shape index (κ1) is 21.9. The summed E-state index contributed by atoms with van der Waals surface area (Å²) in [6.07, 6.45) is 3.05. The minimum Gasteiger partial charge on any atom is -0.497 e. The predicted molar refractivity (Wildman–Crippen MR) is 121 cm³/mol. The van der Waals surface area contributed by atoms with Gasteiger partial charge in [0, 0.05) is 17.5 Å². The van der Waals surface area contributed by atoms with E-state index in [2.05, 4.69) is 10.0 Å². The predicted octanol–water partition coefficient (Wildman–Crippen LogP) is 4.16. The molecule has 0 bridgehead atoms. The molecular weight excluding hydrogens is 416 g/mol. The molecule has 0 aromatic heterocycles. The zero-order chi connectivity index (χ0) is 22.3. The highest BCUT2D eigenvalue weighted by atomic mass is 32.2. The lowest BCUT2D eigenvalue weighted by Gasteiger charge is -2.13. The van der Waals surface area contributed by atoms with Gasteiger partial charge in [-0.15, -0.1) is 0 Å². The molecule has 3 aromatic rings. The Labute approximate surface area is 181 Å². The topological polar surface area (TPSA) is 93.7 Å². The minimum absolute atomic E-state index is 0.101. The van der Waals surface area contributed by atoms with Gasteiger partial charge in [-0.1, -0.05) is 30.3 Å². The molecule has 0 saturated carbocycles. The number of hydrogen-bond donors (Lipinski definition) is 2. The second-order valence-corrected chi connectivity index (χ2v) is 8.08. The summed E-state index contributed by atoms with van der Waals surface area (Å²) in [5.74, 6) is 0.369. The zero-order valence-electron chi connectivity index (χ0n) is 17.0. The van der Waals surface area contributed by atoms with Crippen LogP contribution < -0.4 is 19.5 Å². The molecule has 8 heteroatoms. The van der Waals surface area contributed by atoms with Crippen LogP contribution in [0.1, 0.15) is 5.56 Å². The number of sulfonamides is 1. The smallest absolute Gasteiger partial charge is 0.265 e. The van der Waals surface area contributed by atoms with E-state index in [0.717, 1.165) is 5.56 Å². The van der Waals surface area contributed by atoms with Gasteiger partial charge >= 0.3 is 0 Å². The molecule has 31 heavy (non-hydrogen) atoms. The zero-order valence-corrected chi connectivity index (χ0v) is 17.8. The van der Waals surface area contributed by atoms with Crippen LogP contribution in [0.25, 0.3) is 6.08 Å². The van der Waals surface area contributed by atoms with Gasteiger partial charge < -0.3 is 14.8 Å². The molecule has 0 heterocycles. The summed E-state index contributed by atoms with van der Waals surface area (Å²) in [7, 11) is -1.07. The molecule has 0 radical (unpaired) electrons. The molecule has 0 atom stereocenters. The van der Waals surface area contributed by atoms with Crippen molar-refractivity contribution in [1.29, 1.82) is 0 Å². The van der Waals surface area contributed by atoms with Crippen LogP contribution in [0.3, 0.4) is 0 Å². The molecule has 3 aromatic carbocycles. The summed E-state index contributed by atoms with van der Waals surface area (Å²) < 4.78 is 38.7. The van der Waals surface area contributed by atoms with Gasteiger partial charge in [-0.05, 0) is 54.1 Å². The molecule has 0 saturated heterocycles. The lowest BCUT2D eigenvalue weighted by Crippen LogP contribution is -2.15. The molecule has 0 fully saturated rings. The standard InChI is InChI=1S/C23H22N2O5S/c1-29-20-12-9-18(10-13-20)25-31(27,28)22-16-19(11-14-21(22)30-2)24-23(26)15-8-17-6-4-3-5-7-17/h3-16,25H,1-2H3,(H,24,26). The minimum atomic E-state index is -3.97. The van der Waals surface area contributed by atoms with Crippen molar-refractivity contribution in [3.63, 3.8) is 0 Å². The van der Waals surface area contributed by atoms with Crippen LogP contribution in [0.2, 0.25) is 0 Å². The number of benzene rings is 3. The molecule has 0 aliphatic heterocycles. The van der Waals surface area contributed by atoms with Gasteiger partial charge in [-0.3, -0.25) is 9.52 Å². The number of anilines is 2. The van der Waals surface area contributed by atoms with Gasteiger partial charge in [0.1, 0.15) is 16.4 Å². The Morgan fingerprint density at radius 1 is 0.871 bits per heavy atom. The van der Waals surface area contributed by atoms with E-state index in [0.29, 0.717) is 17.1 Å². The summed E-state index contributed by atoms with van der Waals surface area (Å²) in [4.78, 5) is 12.1. The summed E-state index contributed by atoms with van der Waals surface area (Å²) in [5.41, 5.74) is 1.56. The molecule has 160 valence electrons. The fourth-order valence-corrected chi connectivity index (χ4v) is 4.01. The van der Waals surface area contributed by atoms with Crippen LogP contribution >= 0.6 is 0 Å². The quantitative estimate of drug-likeness (QED) is 0.515. The van der Waals surface area contributed by atoms with Crippen molar-refractivity contribution in [2.75, 3.05) is 24.3 Å². The van der Waals surface area contributed by atoms with Crippen molar-refractivity contribution >= 4 is 33.4 Å². The van der Waals surface area contributed by atoms with E-state index >= 15 is 0 Å². The Bertz CT molecular complexity index is 1170. The van der Waals surface area contributed by atoms with Gasteiger partial charge in [-0.25, -0.2) is 8.42 Å². The summed E-state index contributed by atoms with van der Waals surface area (Å²) >= 11 is 0. The van der Waals surface area contributed by atoms with E-state index in [1.54, 1.807) is 36.4 Å². The van der Waals surface area contributed by atoms with Crippen molar-refractivity contribution in [2.24, 2.45) is 0 Å². The number of carbonyl (C=O) groups excluding carboxylic acids is 1. The monoisotopic (exact) mass is 438 g/mol. The number of rotatable bonds is 8. The van der Waals surface area contributed by atoms with Crippen LogP contribution in [-0.4, -0.2) is 28.5 Å². The lowest BCUT2D eigenvalue weighted by atomic mass is 10.2. The fraction of sp³-hybridized carbons (Fsp3) is 0.0870. The second kappa shape index (κ2) is 9.82. The maximum Gasteiger partial charge on any atom is 0.265 e. The number of methoxy groups -OCH3 is 2. The van der Waals surface area contributed by atoms with Crippen LogP contribution in [0.4, 0.5) is 11.4 Å². The molecule has 7 nitrogen and oxygen atoms in total. The number of ether oxygens (including phenoxy) is 2. The van der Waals surface area contributed by atoms with Crippen LogP contribution in [-0.2, 0) is 14.8 Å². The van der Waals surface area contributed by atoms with Crippen molar-refractivity contribution in [2.45, 2.75) is 4.90 Å². The summed E-state index contributed by atoms with van der Waals surface area (Å²) in [6.45, 7) is 0. The van der Waals surface area contributed by atoms with E-state index in [1.807, 2.05) is 30.3 Å². The van der Waals surface area contributed by atoms with Crippen molar-refractivity contribution in [3.05, 3.63) is 84.4 Å². The summed E-state index contributed by atoms with van der Waals surface area (Å²) in [5, 5.41) is 2.66. The Morgan fingerprint density at radius 2 is 1.55 bits per heavy atom. The first-order valence-electron chi connectivity index (χ1n) is 9.30. The first-order valence-corrected chi connectivity index (χ1v) is 10.8. The van der Waals surface area contributed by atoms with E-state index < -0.39 is 10.0 Å². The third kappa shape index (κ3) is 5.86. The lowest BCUT2D eigenvalue weighted by molar-refractivity contribution is -0.111. The Hall–Kier alpha value is -3.78. The van der Waals surface area contributed by atoms with E-state index in [4.69, 9.17) is 9.47 Å². The highest BCUT2D eigenvalue weighted by Gasteiger charge is 2.21. The van der Waals surface area contributed by atoms with Crippen molar-refractivity contribution in [1.82, 2.24) is 0 Å². The third-order valence-electron chi connectivity index (χ3n) is 4.29. The van der Waals surface area contributed by atoms with Crippen molar-refractivity contribution in [3.8, 4) is 11.5 Å². The van der Waals surface area contributed by atoms with Gasteiger partial charge in [0.05, 0.1) is 14.2 Å². The first-order chi connectivity index (χ1) is 14.9. The highest BCUT2D eigenvalue weighted by Crippen LogP contribution is 2.29. The van der Waals surface area contributed by atoms with Crippen LogP contribution in [0.15, 0.2) is 83.8 Å². The Balaban J connectivity index is 1.80.